The highest BCUT2D eigenvalue weighted by molar-refractivity contribution is 6.30. The van der Waals surface area contributed by atoms with Crippen LogP contribution in [0.15, 0.2) is 48.7 Å². The maximum absolute atomic E-state index is 13.5. The Morgan fingerprint density at radius 1 is 1.15 bits per heavy atom. The van der Waals surface area contributed by atoms with Crippen molar-refractivity contribution in [2.45, 2.75) is 13.1 Å². The van der Waals surface area contributed by atoms with E-state index in [1.54, 1.807) is 6.07 Å². The number of halogens is 2. The number of benzene rings is 2. The number of nitrogens with zero attached hydrogens (tertiary/aromatic N) is 1. The van der Waals surface area contributed by atoms with E-state index in [-0.39, 0.29) is 10.8 Å². The zero-order valence-corrected chi connectivity index (χ0v) is 11.6. The minimum absolute atomic E-state index is 0.147. The molecule has 0 unspecified atom stereocenters. The van der Waals surface area contributed by atoms with Crippen molar-refractivity contribution < 1.29 is 4.39 Å². The molecule has 3 rings (SSSR count). The van der Waals surface area contributed by atoms with E-state index < -0.39 is 0 Å². The summed E-state index contributed by atoms with van der Waals surface area (Å²) in [6, 6.07) is 13.0. The summed E-state index contributed by atoms with van der Waals surface area (Å²) < 4.78 is 15.6. The second-order valence-corrected chi connectivity index (χ2v) is 5.16. The zero-order chi connectivity index (χ0) is 14.1. The normalized spacial score (nSPS) is 11.2. The van der Waals surface area contributed by atoms with Gasteiger partial charge in [-0.2, -0.15) is 0 Å². The third kappa shape index (κ3) is 2.30. The van der Waals surface area contributed by atoms with Crippen molar-refractivity contribution in [1.29, 1.82) is 0 Å². The van der Waals surface area contributed by atoms with E-state index in [0.717, 1.165) is 22.0 Å². The Bertz CT molecular complexity index is 764. The Balaban J connectivity index is 2.04. The maximum atomic E-state index is 13.5. The molecule has 3 aromatic rings. The van der Waals surface area contributed by atoms with Crippen molar-refractivity contribution in [2.75, 3.05) is 0 Å². The third-order valence-electron chi connectivity index (χ3n) is 3.43. The molecule has 0 bridgehead atoms. The zero-order valence-electron chi connectivity index (χ0n) is 10.8. The predicted molar refractivity (Wildman–Crippen MR) is 80.3 cm³/mol. The van der Waals surface area contributed by atoms with E-state index in [0.29, 0.717) is 13.1 Å². The Hall–Kier alpha value is -1.84. The Kier molecular flexibility index (Phi) is 3.47. The monoisotopic (exact) mass is 288 g/mol. The van der Waals surface area contributed by atoms with Gasteiger partial charge in [0.25, 0.3) is 0 Å². The van der Waals surface area contributed by atoms with Crippen LogP contribution >= 0.6 is 11.6 Å². The summed E-state index contributed by atoms with van der Waals surface area (Å²) in [6.07, 6.45) is 2.00. The molecule has 1 heterocycles. The molecule has 0 spiro atoms. The van der Waals surface area contributed by atoms with Crippen LogP contribution in [0.1, 0.15) is 11.1 Å². The van der Waals surface area contributed by atoms with Crippen molar-refractivity contribution in [1.82, 2.24) is 4.57 Å². The van der Waals surface area contributed by atoms with Crippen LogP contribution < -0.4 is 5.73 Å². The smallest absolute Gasteiger partial charge is 0.142 e. The summed E-state index contributed by atoms with van der Waals surface area (Å²) >= 11 is 5.71. The number of aromatic nitrogens is 1. The summed E-state index contributed by atoms with van der Waals surface area (Å²) in [5.74, 6) is -0.389. The van der Waals surface area contributed by atoms with E-state index in [9.17, 15) is 4.39 Å². The lowest BCUT2D eigenvalue weighted by Gasteiger charge is -2.09. The first-order chi connectivity index (χ1) is 9.69. The average Bonchev–Trinajstić information content (AvgIpc) is 2.86. The van der Waals surface area contributed by atoms with Gasteiger partial charge in [0.05, 0.1) is 10.5 Å². The fraction of sp³-hybridized carbons (Fsp3) is 0.125. The number of rotatable bonds is 3. The van der Waals surface area contributed by atoms with Crippen LogP contribution in [-0.4, -0.2) is 4.57 Å². The molecule has 0 aliphatic carbocycles. The molecule has 0 saturated heterocycles. The van der Waals surface area contributed by atoms with E-state index in [4.69, 9.17) is 17.3 Å². The summed E-state index contributed by atoms with van der Waals surface area (Å²) in [5.41, 5.74) is 8.85. The van der Waals surface area contributed by atoms with Crippen molar-refractivity contribution in [3.05, 3.63) is 70.6 Å². The minimum atomic E-state index is -0.389. The number of fused-ring (bicyclic) bond motifs is 1. The lowest BCUT2D eigenvalue weighted by molar-refractivity contribution is 0.624. The first kappa shape index (κ1) is 13.2. The Labute approximate surface area is 121 Å². The van der Waals surface area contributed by atoms with E-state index in [1.807, 2.05) is 36.5 Å². The topological polar surface area (TPSA) is 30.9 Å². The number of hydrogen-bond acceptors (Lipinski definition) is 1. The molecular weight excluding hydrogens is 275 g/mol. The molecule has 2 N–H and O–H groups in total. The number of para-hydroxylation sites is 1. The van der Waals surface area contributed by atoms with E-state index in [2.05, 4.69) is 4.57 Å². The molecule has 0 fully saturated rings. The van der Waals surface area contributed by atoms with Gasteiger partial charge in [0.15, 0.2) is 0 Å². The van der Waals surface area contributed by atoms with Crippen LogP contribution in [0.5, 0.6) is 0 Å². The summed E-state index contributed by atoms with van der Waals surface area (Å²) in [5, 5.41) is 1.29. The molecule has 0 atom stereocenters. The van der Waals surface area contributed by atoms with Gasteiger partial charge in [-0.1, -0.05) is 35.9 Å². The molecule has 20 heavy (non-hydrogen) atoms. The highest BCUT2D eigenvalue weighted by Gasteiger charge is 2.07. The highest BCUT2D eigenvalue weighted by Crippen LogP contribution is 2.22. The highest BCUT2D eigenvalue weighted by atomic mass is 35.5. The lowest BCUT2D eigenvalue weighted by atomic mass is 10.1. The summed E-state index contributed by atoms with van der Waals surface area (Å²) in [4.78, 5) is 0. The van der Waals surface area contributed by atoms with Gasteiger partial charge < -0.3 is 10.3 Å². The van der Waals surface area contributed by atoms with Crippen LogP contribution in [0.4, 0.5) is 4.39 Å². The molecule has 0 aliphatic rings. The van der Waals surface area contributed by atoms with Crippen molar-refractivity contribution in [2.24, 2.45) is 5.73 Å². The predicted octanol–water partition coefficient (Wildman–Crippen LogP) is 3.94. The van der Waals surface area contributed by atoms with Crippen LogP contribution in [0.3, 0.4) is 0 Å². The van der Waals surface area contributed by atoms with Gasteiger partial charge in [-0.25, -0.2) is 4.39 Å². The molecule has 102 valence electrons. The fourth-order valence-corrected chi connectivity index (χ4v) is 2.59. The molecule has 0 amide bonds. The van der Waals surface area contributed by atoms with Crippen LogP contribution in [-0.2, 0) is 13.1 Å². The quantitative estimate of drug-likeness (QED) is 0.777. The molecule has 1 aromatic heterocycles. The molecule has 0 saturated carbocycles. The van der Waals surface area contributed by atoms with Gasteiger partial charge in [0.2, 0.25) is 0 Å². The number of nitrogens with two attached hydrogens (primary N) is 1. The first-order valence-corrected chi connectivity index (χ1v) is 6.77. The third-order valence-corrected chi connectivity index (χ3v) is 3.74. The second-order valence-electron chi connectivity index (χ2n) is 4.75. The van der Waals surface area contributed by atoms with Crippen molar-refractivity contribution in [3.8, 4) is 0 Å². The van der Waals surface area contributed by atoms with E-state index >= 15 is 0 Å². The second kappa shape index (κ2) is 5.27. The molecule has 0 aliphatic heterocycles. The van der Waals surface area contributed by atoms with Gasteiger partial charge in [-0.3, -0.25) is 0 Å². The Morgan fingerprint density at radius 2 is 2.00 bits per heavy atom. The van der Waals surface area contributed by atoms with Crippen molar-refractivity contribution in [3.63, 3.8) is 0 Å². The van der Waals surface area contributed by atoms with Gasteiger partial charge >= 0.3 is 0 Å². The SMILES string of the molecule is NCc1cccc2ccn(Cc3ccc(Cl)c(F)c3)c12. The molecule has 0 radical (unpaired) electrons. The maximum Gasteiger partial charge on any atom is 0.142 e. The van der Waals surface area contributed by atoms with Crippen molar-refractivity contribution >= 4 is 22.5 Å². The Morgan fingerprint density at radius 3 is 2.75 bits per heavy atom. The first-order valence-electron chi connectivity index (χ1n) is 6.40. The molecule has 2 aromatic carbocycles. The molecule has 4 heteroatoms. The summed E-state index contributed by atoms with van der Waals surface area (Å²) in [7, 11) is 0. The van der Waals surface area contributed by atoms with Gasteiger partial charge in [0.1, 0.15) is 5.82 Å². The van der Waals surface area contributed by atoms with Gasteiger partial charge in [-0.15, -0.1) is 0 Å². The lowest BCUT2D eigenvalue weighted by Crippen LogP contribution is -2.03. The van der Waals surface area contributed by atoms with Gasteiger partial charge in [0, 0.05) is 19.3 Å². The van der Waals surface area contributed by atoms with Crippen LogP contribution in [0, 0.1) is 5.82 Å². The average molecular weight is 289 g/mol. The largest absolute Gasteiger partial charge is 0.343 e. The van der Waals surface area contributed by atoms with Crippen LogP contribution in [0.25, 0.3) is 10.9 Å². The van der Waals surface area contributed by atoms with Gasteiger partial charge in [-0.05, 0) is 34.7 Å². The fourth-order valence-electron chi connectivity index (χ4n) is 2.47. The number of hydrogen-bond donors (Lipinski definition) is 1. The minimum Gasteiger partial charge on any atom is -0.343 e. The molecular formula is C16H14ClFN2. The summed E-state index contributed by atoms with van der Waals surface area (Å²) in [6.45, 7) is 1.07. The van der Waals surface area contributed by atoms with Crippen LogP contribution in [0.2, 0.25) is 5.02 Å². The standard InChI is InChI=1S/C16H14ClFN2/c17-14-5-4-11(8-15(14)18)10-20-7-6-12-2-1-3-13(9-19)16(12)20/h1-8H,9-10,19H2. The molecule has 2 nitrogen and oxygen atoms in total. The van der Waals surface area contributed by atoms with E-state index in [1.165, 1.54) is 6.07 Å².